The molecule has 0 saturated heterocycles. The van der Waals surface area contributed by atoms with Gasteiger partial charge in [0.2, 0.25) is 0 Å². The topological polar surface area (TPSA) is 26.0 Å². The van der Waals surface area contributed by atoms with Crippen LogP contribution in [0.25, 0.3) is 0 Å². The summed E-state index contributed by atoms with van der Waals surface area (Å²) in [5.41, 5.74) is 8.98. The monoisotopic (exact) mass is 355 g/mol. The van der Waals surface area contributed by atoms with Gasteiger partial charge >= 0.3 is 0 Å². The van der Waals surface area contributed by atoms with Gasteiger partial charge in [0.25, 0.3) is 0 Å². The average molecular weight is 357 g/mol. The fourth-order valence-electron chi connectivity index (χ4n) is 2.17. The van der Waals surface area contributed by atoms with Crippen molar-refractivity contribution >= 4 is 27.5 Å². The molecule has 2 N–H and O–H groups in total. The van der Waals surface area contributed by atoms with Crippen LogP contribution in [0.2, 0.25) is 5.02 Å². The summed E-state index contributed by atoms with van der Waals surface area (Å²) in [5.74, 6) is -0.433. The Bertz CT molecular complexity index is 615. The molecule has 106 valence electrons. The van der Waals surface area contributed by atoms with Crippen molar-refractivity contribution in [2.45, 2.75) is 25.8 Å². The lowest BCUT2D eigenvalue weighted by Gasteiger charge is -2.14. The van der Waals surface area contributed by atoms with Crippen LogP contribution < -0.4 is 5.73 Å². The van der Waals surface area contributed by atoms with Crippen LogP contribution in [-0.2, 0) is 6.42 Å². The van der Waals surface area contributed by atoms with Gasteiger partial charge in [-0.2, -0.15) is 0 Å². The highest BCUT2D eigenvalue weighted by atomic mass is 79.9. The molecule has 0 aliphatic rings. The minimum absolute atomic E-state index is 0.0912. The molecule has 2 rings (SSSR count). The molecule has 2 aromatic rings. The van der Waals surface area contributed by atoms with Crippen molar-refractivity contribution in [2.24, 2.45) is 5.73 Å². The van der Waals surface area contributed by atoms with E-state index in [0.717, 1.165) is 6.42 Å². The highest BCUT2D eigenvalue weighted by molar-refractivity contribution is 9.10. The van der Waals surface area contributed by atoms with Crippen LogP contribution in [0, 0.1) is 12.7 Å². The number of hydrogen-bond acceptors (Lipinski definition) is 1. The standard InChI is InChI=1S/C16H16BrClFN/c1-10-3-2-4-11(9-10)5-8-14(20)12-6-7-13(17)15(18)16(12)19/h2-4,6-7,9,14H,5,8,20H2,1H3. The Labute approximate surface area is 132 Å². The molecule has 0 fully saturated rings. The molecule has 2 aromatic carbocycles. The second-order valence-corrected chi connectivity index (χ2v) is 6.13. The Balaban J connectivity index is 2.09. The molecule has 1 atom stereocenters. The number of nitrogens with two attached hydrogens (primary N) is 1. The van der Waals surface area contributed by atoms with E-state index in [-0.39, 0.29) is 11.1 Å². The van der Waals surface area contributed by atoms with E-state index >= 15 is 0 Å². The third kappa shape index (κ3) is 3.60. The smallest absolute Gasteiger partial charge is 0.147 e. The molecule has 0 spiro atoms. The van der Waals surface area contributed by atoms with Gasteiger partial charge in [0, 0.05) is 16.1 Å². The lowest BCUT2D eigenvalue weighted by molar-refractivity contribution is 0.563. The molecule has 0 heterocycles. The maximum atomic E-state index is 14.1. The van der Waals surface area contributed by atoms with E-state index in [0.29, 0.717) is 16.5 Å². The number of hydrogen-bond donors (Lipinski definition) is 1. The van der Waals surface area contributed by atoms with Crippen LogP contribution in [0.5, 0.6) is 0 Å². The quantitative estimate of drug-likeness (QED) is 0.750. The summed E-state index contributed by atoms with van der Waals surface area (Å²) < 4.78 is 14.6. The van der Waals surface area contributed by atoms with Crippen LogP contribution in [0.4, 0.5) is 4.39 Å². The summed E-state index contributed by atoms with van der Waals surface area (Å²) in [6.07, 6.45) is 1.49. The van der Waals surface area contributed by atoms with Gasteiger partial charge in [-0.15, -0.1) is 0 Å². The summed E-state index contributed by atoms with van der Waals surface area (Å²) in [4.78, 5) is 0. The van der Waals surface area contributed by atoms with E-state index in [1.165, 1.54) is 11.1 Å². The zero-order chi connectivity index (χ0) is 14.7. The first kappa shape index (κ1) is 15.5. The van der Waals surface area contributed by atoms with Gasteiger partial charge in [-0.1, -0.05) is 47.5 Å². The van der Waals surface area contributed by atoms with Crippen molar-refractivity contribution in [3.05, 3.63) is 68.4 Å². The van der Waals surface area contributed by atoms with Crippen LogP contribution in [0.15, 0.2) is 40.9 Å². The van der Waals surface area contributed by atoms with Crippen LogP contribution >= 0.6 is 27.5 Å². The zero-order valence-corrected chi connectivity index (χ0v) is 13.5. The van der Waals surface area contributed by atoms with Crippen LogP contribution in [0.3, 0.4) is 0 Å². The molecular formula is C16H16BrClFN. The molecule has 0 aromatic heterocycles. The summed E-state index contributed by atoms with van der Waals surface area (Å²) in [5, 5.41) is 0.0912. The average Bonchev–Trinajstić information content (AvgIpc) is 2.42. The van der Waals surface area contributed by atoms with Crippen LogP contribution in [0.1, 0.15) is 29.2 Å². The van der Waals surface area contributed by atoms with E-state index < -0.39 is 5.82 Å². The Morgan fingerprint density at radius 1 is 1.30 bits per heavy atom. The van der Waals surface area contributed by atoms with Gasteiger partial charge in [0.05, 0.1) is 5.02 Å². The van der Waals surface area contributed by atoms with Gasteiger partial charge in [-0.05, 0) is 47.3 Å². The predicted molar refractivity (Wildman–Crippen MR) is 85.5 cm³/mol. The summed E-state index contributed by atoms with van der Waals surface area (Å²) in [7, 11) is 0. The van der Waals surface area contributed by atoms with Crippen LogP contribution in [-0.4, -0.2) is 0 Å². The molecular weight excluding hydrogens is 341 g/mol. The fraction of sp³-hybridized carbons (Fsp3) is 0.250. The highest BCUT2D eigenvalue weighted by Gasteiger charge is 2.16. The van der Waals surface area contributed by atoms with Gasteiger partial charge in [-0.25, -0.2) is 4.39 Å². The van der Waals surface area contributed by atoms with Crippen molar-refractivity contribution < 1.29 is 4.39 Å². The Morgan fingerprint density at radius 3 is 2.75 bits per heavy atom. The minimum atomic E-state index is -0.433. The molecule has 1 nitrogen and oxygen atoms in total. The third-order valence-electron chi connectivity index (χ3n) is 3.29. The maximum Gasteiger partial charge on any atom is 0.147 e. The van der Waals surface area contributed by atoms with Gasteiger partial charge < -0.3 is 5.73 Å². The van der Waals surface area contributed by atoms with E-state index in [2.05, 4.69) is 41.1 Å². The van der Waals surface area contributed by atoms with Crippen molar-refractivity contribution in [1.29, 1.82) is 0 Å². The lowest BCUT2D eigenvalue weighted by atomic mass is 9.98. The second-order valence-electron chi connectivity index (χ2n) is 4.90. The van der Waals surface area contributed by atoms with E-state index in [9.17, 15) is 4.39 Å². The minimum Gasteiger partial charge on any atom is -0.324 e. The van der Waals surface area contributed by atoms with E-state index in [1.807, 2.05) is 6.07 Å². The van der Waals surface area contributed by atoms with Gasteiger partial charge in [-0.3, -0.25) is 0 Å². The first-order valence-corrected chi connectivity index (χ1v) is 7.60. The number of aryl methyl sites for hydroxylation is 2. The summed E-state index contributed by atoms with van der Waals surface area (Å²) in [6, 6.07) is 11.3. The normalized spacial score (nSPS) is 12.4. The Morgan fingerprint density at radius 2 is 2.05 bits per heavy atom. The lowest BCUT2D eigenvalue weighted by Crippen LogP contribution is -2.13. The van der Waals surface area contributed by atoms with E-state index in [1.54, 1.807) is 12.1 Å². The molecule has 4 heteroatoms. The molecule has 0 aliphatic carbocycles. The Hall–Kier alpha value is -0.900. The Kier molecular flexibility index (Phi) is 5.19. The molecule has 0 saturated carbocycles. The second kappa shape index (κ2) is 6.70. The maximum absolute atomic E-state index is 14.1. The summed E-state index contributed by atoms with van der Waals surface area (Å²) in [6.45, 7) is 2.05. The van der Waals surface area contributed by atoms with Gasteiger partial charge in [0.1, 0.15) is 5.82 Å². The molecule has 0 amide bonds. The molecule has 1 unspecified atom stereocenters. The van der Waals surface area contributed by atoms with Crippen molar-refractivity contribution in [2.75, 3.05) is 0 Å². The first-order valence-electron chi connectivity index (χ1n) is 6.43. The van der Waals surface area contributed by atoms with Crippen molar-refractivity contribution in [3.8, 4) is 0 Å². The van der Waals surface area contributed by atoms with E-state index in [4.69, 9.17) is 17.3 Å². The molecule has 0 aliphatic heterocycles. The number of halogens is 3. The predicted octanol–water partition coefficient (Wildman–Crippen LogP) is 5.18. The number of benzene rings is 2. The van der Waals surface area contributed by atoms with Crippen molar-refractivity contribution in [1.82, 2.24) is 0 Å². The highest BCUT2D eigenvalue weighted by Crippen LogP contribution is 2.31. The largest absolute Gasteiger partial charge is 0.324 e. The van der Waals surface area contributed by atoms with Crippen molar-refractivity contribution in [3.63, 3.8) is 0 Å². The number of rotatable bonds is 4. The molecule has 0 bridgehead atoms. The zero-order valence-electron chi connectivity index (χ0n) is 11.2. The summed E-state index contributed by atoms with van der Waals surface area (Å²) >= 11 is 9.09. The SMILES string of the molecule is Cc1cccc(CCC(N)c2ccc(Br)c(Cl)c2F)c1. The fourth-order valence-corrected chi connectivity index (χ4v) is 2.65. The molecule has 20 heavy (non-hydrogen) atoms. The third-order valence-corrected chi connectivity index (χ3v) is 4.55. The van der Waals surface area contributed by atoms with Gasteiger partial charge in [0.15, 0.2) is 0 Å². The first-order chi connectivity index (χ1) is 9.49. The molecule has 0 radical (unpaired) electrons.